The van der Waals surface area contributed by atoms with E-state index in [1.54, 1.807) is 0 Å². The normalized spacial score (nSPS) is 19.7. The molecule has 0 spiro atoms. The van der Waals surface area contributed by atoms with Gasteiger partial charge in [0, 0.05) is 12.6 Å². The molecule has 98 valence electrons. The molecule has 0 bridgehead atoms. The van der Waals surface area contributed by atoms with Crippen molar-refractivity contribution in [1.29, 1.82) is 0 Å². The Labute approximate surface area is 107 Å². The van der Waals surface area contributed by atoms with Gasteiger partial charge in [-0.15, -0.1) is 0 Å². The van der Waals surface area contributed by atoms with E-state index in [9.17, 15) is 4.79 Å². The van der Waals surface area contributed by atoms with Gasteiger partial charge in [-0.05, 0) is 25.7 Å². The third-order valence-electron chi connectivity index (χ3n) is 3.36. The van der Waals surface area contributed by atoms with E-state index >= 15 is 0 Å². The molecule has 1 fully saturated rings. The van der Waals surface area contributed by atoms with Crippen molar-refractivity contribution in [2.45, 2.75) is 38.6 Å². The van der Waals surface area contributed by atoms with Crippen molar-refractivity contribution >= 4 is 11.7 Å². The van der Waals surface area contributed by atoms with Crippen LogP contribution in [0.5, 0.6) is 0 Å². The van der Waals surface area contributed by atoms with Crippen LogP contribution in [0.4, 0.5) is 5.82 Å². The summed E-state index contributed by atoms with van der Waals surface area (Å²) < 4.78 is 0. The van der Waals surface area contributed by atoms with Crippen LogP contribution in [0.1, 0.15) is 43.1 Å². The van der Waals surface area contributed by atoms with Gasteiger partial charge in [-0.25, -0.2) is 10.8 Å². The molecule has 1 unspecified atom stereocenters. The standard InChI is InChI=1S/C12H19N5O/c1-2-9-5-3-4-6-17(9)12(18)10-7-14-8-11(15-10)16-13/h7-9H,2-6,13H2,1H3,(H,15,16). The largest absolute Gasteiger partial charge is 0.334 e. The van der Waals surface area contributed by atoms with Gasteiger partial charge in [0.1, 0.15) is 5.69 Å². The highest BCUT2D eigenvalue weighted by atomic mass is 16.2. The zero-order chi connectivity index (χ0) is 13.0. The summed E-state index contributed by atoms with van der Waals surface area (Å²) in [6.45, 7) is 2.92. The monoisotopic (exact) mass is 249 g/mol. The lowest BCUT2D eigenvalue weighted by molar-refractivity contribution is 0.0601. The molecule has 2 heterocycles. The number of anilines is 1. The summed E-state index contributed by atoms with van der Waals surface area (Å²) in [6.07, 6.45) is 7.29. The second-order valence-electron chi connectivity index (χ2n) is 4.49. The van der Waals surface area contributed by atoms with Crippen molar-refractivity contribution in [3.05, 3.63) is 18.1 Å². The molecule has 2 rings (SSSR count). The summed E-state index contributed by atoms with van der Waals surface area (Å²) in [7, 11) is 0. The number of nitrogens with zero attached hydrogens (tertiary/aromatic N) is 3. The number of hydrogen-bond donors (Lipinski definition) is 2. The van der Waals surface area contributed by atoms with Crippen molar-refractivity contribution in [2.75, 3.05) is 12.0 Å². The lowest BCUT2D eigenvalue weighted by Crippen LogP contribution is -2.43. The van der Waals surface area contributed by atoms with Crippen LogP contribution in [0, 0.1) is 0 Å². The van der Waals surface area contributed by atoms with Crippen LogP contribution < -0.4 is 11.3 Å². The first-order valence-electron chi connectivity index (χ1n) is 6.36. The molecule has 1 aliphatic heterocycles. The maximum Gasteiger partial charge on any atom is 0.274 e. The summed E-state index contributed by atoms with van der Waals surface area (Å²) in [5, 5.41) is 0. The number of aromatic nitrogens is 2. The summed E-state index contributed by atoms with van der Waals surface area (Å²) in [5.41, 5.74) is 2.76. The topological polar surface area (TPSA) is 84.1 Å². The number of piperidine rings is 1. The molecule has 1 saturated heterocycles. The molecule has 1 aromatic rings. The fraction of sp³-hybridized carbons (Fsp3) is 0.583. The Morgan fingerprint density at radius 1 is 1.56 bits per heavy atom. The minimum absolute atomic E-state index is 0.0499. The van der Waals surface area contributed by atoms with Crippen molar-refractivity contribution in [3.8, 4) is 0 Å². The van der Waals surface area contributed by atoms with Crippen LogP contribution in [0.15, 0.2) is 12.4 Å². The molecule has 6 heteroatoms. The Kier molecular flexibility index (Phi) is 4.09. The molecule has 0 aliphatic carbocycles. The Morgan fingerprint density at radius 3 is 3.11 bits per heavy atom. The Balaban J connectivity index is 2.18. The van der Waals surface area contributed by atoms with Crippen LogP contribution in [-0.2, 0) is 0 Å². The summed E-state index contributed by atoms with van der Waals surface area (Å²) in [5.74, 6) is 5.63. The first-order valence-corrected chi connectivity index (χ1v) is 6.36. The van der Waals surface area contributed by atoms with Crippen molar-refractivity contribution < 1.29 is 4.79 Å². The molecule has 6 nitrogen and oxygen atoms in total. The van der Waals surface area contributed by atoms with Crippen LogP contribution in [-0.4, -0.2) is 33.4 Å². The fourth-order valence-electron chi connectivity index (χ4n) is 2.38. The number of hydrazine groups is 1. The Morgan fingerprint density at radius 2 is 2.39 bits per heavy atom. The first kappa shape index (κ1) is 12.8. The van der Waals surface area contributed by atoms with E-state index in [-0.39, 0.29) is 5.91 Å². The number of rotatable bonds is 3. The number of carbonyl (C=O) groups excluding carboxylic acids is 1. The van der Waals surface area contributed by atoms with E-state index in [2.05, 4.69) is 22.3 Å². The molecule has 1 aliphatic rings. The van der Waals surface area contributed by atoms with E-state index in [4.69, 9.17) is 5.84 Å². The number of nitrogens with one attached hydrogen (secondary N) is 1. The summed E-state index contributed by atoms with van der Waals surface area (Å²) >= 11 is 0. The number of nitrogen functional groups attached to an aromatic ring is 1. The third-order valence-corrected chi connectivity index (χ3v) is 3.36. The van der Waals surface area contributed by atoms with Crippen LogP contribution in [0.3, 0.4) is 0 Å². The van der Waals surface area contributed by atoms with Crippen LogP contribution >= 0.6 is 0 Å². The molecule has 0 saturated carbocycles. The van der Waals surface area contributed by atoms with Crippen molar-refractivity contribution in [2.24, 2.45) is 5.84 Å². The van der Waals surface area contributed by atoms with E-state index < -0.39 is 0 Å². The number of carbonyl (C=O) groups is 1. The average Bonchev–Trinajstić information content (AvgIpc) is 2.46. The van der Waals surface area contributed by atoms with Gasteiger partial charge in [0.15, 0.2) is 5.82 Å². The number of likely N-dealkylation sites (tertiary alicyclic amines) is 1. The summed E-state index contributed by atoms with van der Waals surface area (Å²) in [4.78, 5) is 22.4. The number of nitrogens with two attached hydrogens (primary N) is 1. The highest BCUT2D eigenvalue weighted by molar-refractivity contribution is 5.92. The van der Waals surface area contributed by atoms with Gasteiger partial charge < -0.3 is 10.3 Å². The zero-order valence-electron chi connectivity index (χ0n) is 10.6. The molecule has 18 heavy (non-hydrogen) atoms. The van der Waals surface area contributed by atoms with Gasteiger partial charge in [0.2, 0.25) is 0 Å². The molecule has 1 amide bonds. The highest BCUT2D eigenvalue weighted by Crippen LogP contribution is 2.21. The van der Waals surface area contributed by atoms with Gasteiger partial charge in [-0.3, -0.25) is 9.78 Å². The van der Waals surface area contributed by atoms with Gasteiger partial charge >= 0.3 is 0 Å². The number of amides is 1. The maximum absolute atomic E-state index is 12.4. The Hall–Kier alpha value is -1.69. The lowest BCUT2D eigenvalue weighted by Gasteiger charge is -2.34. The summed E-state index contributed by atoms with van der Waals surface area (Å²) in [6, 6.07) is 0.322. The molecule has 0 radical (unpaired) electrons. The predicted octanol–water partition coefficient (Wildman–Crippen LogP) is 1.17. The van der Waals surface area contributed by atoms with Crippen molar-refractivity contribution in [1.82, 2.24) is 14.9 Å². The molecular weight excluding hydrogens is 230 g/mol. The highest BCUT2D eigenvalue weighted by Gasteiger charge is 2.27. The van der Waals surface area contributed by atoms with Crippen molar-refractivity contribution in [3.63, 3.8) is 0 Å². The molecule has 0 aromatic carbocycles. The van der Waals surface area contributed by atoms with E-state index in [1.807, 2.05) is 4.90 Å². The SMILES string of the molecule is CCC1CCCCN1C(=O)c1cncc(NN)n1. The minimum Gasteiger partial charge on any atom is -0.334 e. The lowest BCUT2D eigenvalue weighted by atomic mass is 10.00. The van der Waals surface area contributed by atoms with Gasteiger partial charge in [0.05, 0.1) is 12.4 Å². The number of hydrogen-bond acceptors (Lipinski definition) is 5. The zero-order valence-corrected chi connectivity index (χ0v) is 10.6. The van der Waals surface area contributed by atoms with E-state index in [0.717, 1.165) is 25.8 Å². The van der Waals surface area contributed by atoms with E-state index in [0.29, 0.717) is 17.6 Å². The first-order chi connectivity index (χ1) is 8.76. The third kappa shape index (κ3) is 2.59. The fourth-order valence-corrected chi connectivity index (χ4v) is 2.38. The van der Waals surface area contributed by atoms with Gasteiger partial charge in [-0.2, -0.15) is 0 Å². The van der Waals surface area contributed by atoms with Crippen LogP contribution in [0.2, 0.25) is 0 Å². The van der Waals surface area contributed by atoms with Crippen LogP contribution in [0.25, 0.3) is 0 Å². The smallest absolute Gasteiger partial charge is 0.274 e. The second kappa shape index (κ2) is 5.77. The average molecular weight is 249 g/mol. The van der Waals surface area contributed by atoms with Gasteiger partial charge in [0.25, 0.3) is 5.91 Å². The maximum atomic E-state index is 12.4. The molecule has 1 atom stereocenters. The predicted molar refractivity (Wildman–Crippen MR) is 68.8 cm³/mol. The van der Waals surface area contributed by atoms with E-state index in [1.165, 1.54) is 18.8 Å². The minimum atomic E-state index is -0.0499. The molecule has 1 aromatic heterocycles. The van der Waals surface area contributed by atoms with Gasteiger partial charge in [-0.1, -0.05) is 6.92 Å². The molecule has 3 N–H and O–H groups in total. The second-order valence-corrected chi connectivity index (χ2v) is 4.49. The Bertz CT molecular complexity index is 423. The molecular formula is C12H19N5O. The quantitative estimate of drug-likeness (QED) is 0.620.